The van der Waals surface area contributed by atoms with Crippen LogP contribution in [-0.2, 0) is 6.54 Å². The van der Waals surface area contributed by atoms with Crippen LogP contribution < -0.4 is 11.3 Å². The Morgan fingerprint density at radius 1 is 1.75 bits per heavy atom. The number of nitrogens with one attached hydrogen (secondary N) is 1. The van der Waals surface area contributed by atoms with Crippen molar-refractivity contribution in [1.29, 1.82) is 0 Å². The number of hydrazine groups is 1. The SMILES string of the molecule is CC(O)C1CCN(Cc2nnsc2NN)C1. The highest BCUT2D eigenvalue weighted by molar-refractivity contribution is 7.10. The monoisotopic (exact) mass is 243 g/mol. The summed E-state index contributed by atoms with van der Waals surface area (Å²) in [6, 6.07) is 0. The summed E-state index contributed by atoms with van der Waals surface area (Å²) in [7, 11) is 0. The molecule has 1 fully saturated rings. The molecule has 1 aliphatic heterocycles. The molecule has 7 heteroatoms. The van der Waals surface area contributed by atoms with Gasteiger partial charge in [-0.3, -0.25) is 4.90 Å². The Hall–Kier alpha value is -0.760. The topological polar surface area (TPSA) is 87.3 Å². The summed E-state index contributed by atoms with van der Waals surface area (Å²) in [4.78, 5) is 2.27. The number of anilines is 1. The van der Waals surface area contributed by atoms with Crippen LogP contribution in [0, 0.1) is 5.92 Å². The molecule has 0 bridgehead atoms. The highest BCUT2D eigenvalue weighted by Crippen LogP contribution is 2.24. The molecular formula is C9H17N5OS. The van der Waals surface area contributed by atoms with Crippen molar-refractivity contribution < 1.29 is 5.11 Å². The minimum absolute atomic E-state index is 0.231. The van der Waals surface area contributed by atoms with Gasteiger partial charge < -0.3 is 10.5 Å². The van der Waals surface area contributed by atoms with E-state index >= 15 is 0 Å². The first-order valence-electron chi connectivity index (χ1n) is 5.39. The van der Waals surface area contributed by atoms with Gasteiger partial charge in [0.2, 0.25) is 0 Å². The van der Waals surface area contributed by atoms with Crippen molar-refractivity contribution in [2.24, 2.45) is 11.8 Å². The van der Waals surface area contributed by atoms with Gasteiger partial charge in [-0.1, -0.05) is 4.49 Å². The summed E-state index contributed by atoms with van der Waals surface area (Å²) in [6.45, 7) is 4.51. The number of aliphatic hydroxyl groups is 1. The maximum atomic E-state index is 9.51. The van der Waals surface area contributed by atoms with E-state index in [9.17, 15) is 5.11 Å². The zero-order valence-electron chi connectivity index (χ0n) is 9.26. The summed E-state index contributed by atoms with van der Waals surface area (Å²) >= 11 is 1.27. The Kier molecular flexibility index (Phi) is 3.70. The van der Waals surface area contributed by atoms with E-state index in [1.807, 2.05) is 6.92 Å². The van der Waals surface area contributed by atoms with Crippen LogP contribution in [0.3, 0.4) is 0 Å². The van der Waals surface area contributed by atoms with Crippen molar-refractivity contribution in [3.63, 3.8) is 0 Å². The second-order valence-electron chi connectivity index (χ2n) is 4.22. The fraction of sp³-hybridized carbons (Fsp3) is 0.778. The highest BCUT2D eigenvalue weighted by atomic mass is 32.1. The zero-order valence-corrected chi connectivity index (χ0v) is 10.1. The van der Waals surface area contributed by atoms with Crippen LogP contribution in [-0.4, -0.2) is 38.8 Å². The lowest BCUT2D eigenvalue weighted by atomic mass is 10.0. The number of hydrogen-bond donors (Lipinski definition) is 3. The molecule has 90 valence electrons. The lowest BCUT2D eigenvalue weighted by Gasteiger charge is -2.16. The predicted octanol–water partition coefficient (Wildman–Crippen LogP) is 0.0264. The lowest BCUT2D eigenvalue weighted by molar-refractivity contribution is 0.127. The summed E-state index contributed by atoms with van der Waals surface area (Å²) in [6.07, 6.45) is 0.811. The number of nitrogens with two attached hydrogens (primary N) is 1. The molecule has 2 rings (SSSR count). The van der Waals surface area contributed by atoms with Gasteiger partial charge in [-0.25, -0.2) is 5.84 Å². The van der Waals surface area contributed by atoms with E-state index < -0.39 is 0 Å². The quantitative estimate of drug-likeness (QED) is 0.511. The van der Waals surface area contributed by atoms with Crippen LogP contribution >= 0.6 is 11.5 Å². The fourth-order valence-corrected chi connectivity index (χ4v) is 2.52. The fourth-order valence-electron chi connectivity index (χ4n) is 2.03. The Morgan fingerprint density at radius 2 is 2.56 bits per heavy atom. The Morgan fingerprint density at radius 3 is 3.19 bits per heavy atom. The maximum Gasteiger partial charge on any atom is 0.148 e. The van der Waals surface area contributed by atoms with Gasteiger partial charge in [0.15, 0.2) is 0 Å². The minimum Gasteiger partial charge on any atom is -0.393 e. The number of aromatic nitrogens is 2. The largest absolute Gasteiger partial charge is 0.393 e. The van der Waals surface area contributed by atoms with Gasteiger partial charge in [0.1, 0.15) is 10.7 Å². The summed E-state index contributed by atoms with van der Waals surface area (Å²) in [5.41, 5.74) is 3.49. The van der Waals surface area contributed by atoms with E-state index in [0.717, 1.165) is 36.8 Å². The molecule has 0 amide bonds. The molecule has 2 unspecified atom stereocenters. The normalized spacial score (nSPS) is 23.6. The number of nitrogens with zero attached hydrogens (tertiary/aromatic N) is 3. The minimum atomic E-state index is -0.231. The van der Waals surface area contributed by atoms with Crippen LogP contribution in [0.15, 0.2) is 0 Å². The van der Waals surface area contributed by atoms with Gasteiger partial charge >= 0.3 is 0 Å². The van der Waals surface area contributed by atoms with Crippen LogP contribution in [0.5, 0.6) is 0 Å². The van der Waals surface area contributed by atoms with Crippen molar-refractivity contribution in [2.45, 2.75) is 26.0 Å². The first-order chi connectivity index (χ1) is 7.70. The Bertz CT molecular complexity index is 342. The molecule has 4 N–H and O–H groups in total. The van der Waals surface area contributed by atoms with Gasteiger partial charge in [-0.15, -0.1) is 5.10 Å². The molecule has 0 radical (unpaired) electrons. The van der Waals surface area contributed by atoms with Gasteiger partial charge in [0, 0.05) is 24.6 Å². The molecule has 0 aromatic carbocycles. The van der Waals surface area contributed by atoms with Crippen LogP contribution in [0.1, 0.15) is 19.0 Å². The first kappa shape index (κ1) is 11.7. The third-order valence-electron chi connectivity index (χ3n) is 3.05. The van der Waals surface area contributed by atoms with E-state index in [-0.39, 0.29) is 6.10 Å². The van der Waals surface area contributed by atoms with E-state index in [1.54, 1.807) is 0 Å². The van der Waals surface area contributed by atoms with Gasteiger partial charge in [-0.2, -0.15) is 0 Å². The number of rotatable bonds is 4. The van der Waals surface area contributed by atoms with Crippen molar-refractivity contribution >= 4 is 16.5 Å². The molecule has 0 saturated carbocycles. The molecule has 1 aromatic rings. The Balaban J connectivity index is 1.92. The highest BCUT2D eigenvalue weighted by Gasteiger charge is 2.26. The summed E-state index contributed by atoms with van der Waals surface area (Å²) in [5, 5.41) is 14.4. The average molecular weight is 243 g/mol. The van der Waals surface area contributed by atoms with E-state index in [0.29, 0.717) is 5.92 Å². The van der Waals surface area contributed by atoms with Gasteiger partial charge in [0.05, 0.1) is 6.10 Å². The molecule has 0 aliphatic carbocycles. The number of hydrogen-bond acceptors (Lipinski definition) is 7. The summed E-state index contributed by atoms with van der Waals surface area (Å²) in [5.74, 6) is 5.74. The molecule has 2 atom stereocenters. The van der Waals surface area contributed by atoms with E-state index in [2.05, 4.69) is 19.9 Å². The van der Waals surface area contributed by atoms with Crippen molar-refractivity contribution in [1.82, 2.24) is 14.5 Å². The number of likely N-dealkylation sites (tertiary alicyclic amines) is 1. The number of nitrogen functional groups attached to an aromatic ring is 1. The van der Waals surface area contributed by atoms with Gasteiger partial charge in [-0.05, 0) is 25.8 Å². The van der Waals surface area contributed by atoms with Crippen LogP contribution in [0.2, 0.25) is 0 Å². The molecular weight excluding hydrogens is 226 g/mol. The second-order valence-corrected chi connectivity index (χ2v) is 4.97. The molecule has 0 spiro atoms. The molecule has 2 heterocycles. The van der Waals surface area contributed by atoms with Crippen molar-refractivity contribution in [3.8, 4) is 0 Å². The van der Waals surface area contributed by atoms with Crippen molar-refractivity contribution in [3.05, 3.63) is 5.69 Å². The van der Waals surface area contributed by atoms with Crippen molar-refractivity contribution in [2.75, 3.05) is 18.5 Å². The molecule has 16 heavy (non-hydrogen) atoms. The molecule has 1 aliphatic rings. The standard InChI is InChI=1S/C9H17N5OS/c1-6(15)7-2-3-14(4-7)5-8-9(11-10)16-13-12-8/h6-7,11,15H,2-5,10H2,1H3. The third-order valence-corrected chi connectivity index (χ3v) is 3.75. The van der Waals surface area contributed by atoms with Gasteiger partial charge in [0.25, 0.3) is 0 Å². The Labute approximate surface area is 98.6 Å². The van der Waals surface area contributed by atoms with Crippen LogP contribution in [0.25, 0.3) is 0 Å². The number of aliphatic hydroxyl groups excluding tert-OH is 1. The second kappa shape index (κ2) is 5.05. The van der Waals surface area contributed by atoms with E-state index in [4.69, 9.17) is 5.84 Å². The third kappa shape index (κ3) is 2.49. The van der Waals surface area contributed by atoms with Crippen LogP contribution in [0.4, 0.5) is 5.00 Å². The summed E-state index contributed by atoms with van der Waals surface area (Å²) < 4.78 is 3.86. The smallest absolute Gasteiger partial charge is 0.148 e. The first-order valence-corrected chi connectivity index (χ1v) is 6.16. The maximum absolute atomic E-state index is 9.51. The molecule has 1 aromatic heterocycles. The van der Waals surface area contributed by atoms with E-state index in [1.165, 1.54) is 11.5 Å². The lowest BCUT2D eigenvalue weighted by Crippen LogP contribution is -2.24. The molecule has 6 nitrogen and oxygen atoms in total. The zero-order chi connectivity index (χ0) is 11.5. The molecule has 1 saturated heterocycles. The predicted molar refractivity (Wildman–Crippen MR) is 62.8 cm³/mol. The average Bonchev–Trinajstić information content (AvgIpc) is 2.87.